The van der Waals surface area contributed by atoms with Crippen molar-refractivity contribution >= 4 is 5.91 Å². The number of amides is 1. The number of aromatic nitrogens is 1. The number of hydrogen-bond donors (Lipinski definition) is 0. The quantitative estimate of drug-likeness (QED) is 0.822. The van der Waals surface area contributed by atoms with E-state index in [1.54, 1.807) is 43.3 Å². The number of rotatable bonds is 6. The smallest absolute Gasteiger partial charge is 0.251 e. The summed E-state index contributed by atoms with van der Waals surface area (Å²) in [7, 11) is 1.68. The van der Waals surface area contributed by atoms with Gasteiger partial charge in [-0.3, -0.25) is 9.78 Å². The van der Waals surface area contributed by atoms with Crippen molar-refractivity contribution in [3.63, 3.8) is 0 Å². The summed E-state index contributed by atoms with van der Waals surface area (Å²) in [5.41, 5.74) is 1.35. The van der Waals surface area contributed by atoms with E-state index in [1.165, 1.54) is 12.1 Å². The van der Waals surface area contributed by atoms with Crippen LogP contribution in [0.15, 0.2) is 48.7 Å². The topological polar surface area (TPSA) is 42.4 Å². The van der Waals surface area contributed by atoms with Gasteiger partial charge in [0.1, 0.15) is 11.9 Å². The van der Waals surface area contributed by atoms with Gasteiger partial charge < -0.3 is 9.64 Å². The SMILES string of the molecule is CCO[C@H](C)C(=O)N(C)[C@@H](c1cccc(F)c1)c1ccccn1. The minimum Gasteiger partial charge on any atom is -0.369 e. The van der Waals surface area contributed by atoms with Gasteiger partial charge in [-0.05, 0) is 43.7 Å². The van der Waals surface area contributed by atoms with Crippen LogP contribution in [0, 0.1) is 5.82 Å². The molecular weight excluding hydrogens is 295 g/mol. The summed E-state index contributed by atoms with van der Waals surface area (Å²) in [5.74, 6) is -0.520. The van der Waals surface area contributed by atoms with E-state index in [0.29, 0.717) is 17.9 Å². The van der Waals surface area contributed by atoms with Gasteiger partial charge in [0.25, 0.3) is 5.91 Å². The minimum atomic E-state index is -0.565. The van der Waals surface area contributed by atoms with Crippen molar-refractivity contribution < 1.29 is 13.9 Å². The van der Waals surface area contributed by atoms with Crippen molar-refractivity contribution in [3.8, 4) is 0 Å². The van der Waals surface area contributed by atoms with Crippen LogP contribution >= 0.6 is 0 Å². The van der Waals surface area contributed by atoms with Crippen molar-refractivity contribution in [2.24, 2.45) is 0 Å². The van der Waals surface area contributed by atoms with Crippen LogP contribution in [0.25, 0.3) is 0 Å². The second kappa shape index (κ2) is 7.83. The zero-order valence-corrected chi connectivity index (χ0v) is 13.6. The van der Waals surface area contributed by atoms with E-state index in [-0.39, 0.29) is 11.7 Å². The Bertz CT molecular complexity index is 648. The minimum absolute atomic E-state index is 0.174. The lowest BCUT2D eigenvalue weighted by atomic mass is 10.0. The molecule has 0 aliphatic heterocycles. The van der Waals surface area contributed by atoms with E-state index >= 15 is 0 Å². The summed E-state index contributed by atoms with van der Waals surface area (Å²) in [6.45, 7) is 4.00. The maximum Gasteiger partial charge on any atom is 0.251 e. The fourth-order valence-corrected chi connectivity index (χ4v) is 2.54. The second-order valence-corrected chi connectivity index (χ2v) is 5.26. The first-order valence-electron chi connectivity index (χ1n) is 7.59. The van der Waals surface area contributed by atoms with Gasteiger partial charge in [0.2, 0.25) is 0 Å². The molecule has 1 heterocycles. The number of nitrogens with zero attached hydrogens (tertiary/aromatic N) is 2. The standard InChI is InChI=1S/C18H21FN2O2/c1-4-23-13(2)18(22)21(3)17(16-10-5-6-11-20-16)14-8-7-9-15(19)12-14/h5-13,17H,4H2,1-3H3/t13-,17+/m1/s1. The number of likely N-dealkylation sites (N-methyl/N-ethyl adjacent to an activating group) is 1. The highest BCUT2D eigenvalue weighted by Crippen LogP contribution is 2.27. The van der Waals surface area contributed by atoms with Gasteiger partial charge in [-0.15, -0.1) is 0 Å². The molecule has 2 rings (SSSR count). The molecule has 5 heteroatoms. The zero-order chi connectivity index (χ0) is 16.8. The first-order valence-corrected chi connectivity index (χ1v) is 7.59. The fourth-order valence-electron chi connectivity index (χ4n) is 2.54. The summed E-state index contributed by atoms with van der Waals surface area (Å²) in [4.78, 5) is 18.5. The van der Waals surface area contributed by atoms with Gasteiger partial charge >= 0.3 is 0 Å². The molecule has 0 unspecified atom stereocenters. The Labute approximate surface area is 135 Å². The maximum atomic E-state index is 13.6. The number of hydrogen-bond acceptors (Lipinski definition) is 3. The third kappa shape index (κ3) is 4.13. The molecule has 122 valence electrons. The number of benzene rings is 1. The van der Waals surface area contributed by atoms with Gasteiger partial charge in [0.05, 0.1) is 11.7 Å². The zero-order valence-electron chi connectivity index (χ0n) is 13.6. The summed E-state index contributed by atoms with van der Waals surface area (Å²) < 4.78 is 19.0. The monoisotopic (exact) mass is 316 g/mol. The predicted octanol–water partition coefficient (Wildman–Crippen LogP) is 3.19. The van der Waals surface area contributed by atoms with E-state index < -0.39 is 12.1 Å². The number of ether oxygens (including phenoxy) is 1. The van der Waals surface area contributed by atoms with Crippen LogP contribution in [0.3, 0.4) is 0 Å². The lowest BCUT2D eigenvalue weighted by Gasteiger charge is -2.30. The Hall–Kier alpha value is -2.27. The Morgan fingerprint density at radius 2 is 2.09 bits per heavy atom. The number of carbonyl (C=O) groups excluding carboxylic acids is 1. The Morgan fingerprint density at radius 3 is 2.70 bits per heavy atom. The second-order valence-electron chi connectivity index (χ2n) is 5.26. The molecule has 2 atom stereocenters. The molecule has 0 bridgehead atoms. The van der Waals surface area contributed by atoms with E-state index in [9.17, 15) is 9.18 Å². The summed E-state index contributed by atoms with van der Waals surface area (Å²) in [5, 5.41) is 0. The van der Waals surface area contributed by atoms with Crippen molar-refractivity contribution in [1.82, 2.24) is 9.88 Å². The molecule has 0 aliphatic rings. The van der Waals surface area contributed by atoms with Gasteiger partial charge in [0.15, 0.2) is 0 Å². The molecule has 0 spiro atoms. The van der Waals surface area contributed by atoms with Crippen molar-refractivity contribution in [2.75, 3.05) is 13.7 Å². The Balaban J connectivity index is 2.40. The first kappa shape index (κ1) is 17.1. The predicted molar refractivity (Wildman–Crippen MR) is 86.3 cm³/mol. The lowest BCUT2D eigenvalue weighted by Crippen LogP contribution is -2.39. The van der Waals surface area contributed by atoms with Crippen LogP contribution < -0.4 is 0 Å². The molecule has 0 saturated heterocycles. The first-order chi connectivity index (χ1) is 11.0. The van der Waals surface area contributed by atoms with Crippen molar-refractivity contribution in [3.05, 3.63) is 65.7 Å². The van der Waals surface area contributed by atoms with Crippen LogP contribution in [-0.2, 0) is 9.53 Å². The molecule has 0 N–H and O–H groups in total. The highest BCUT2D eigenvalue weighted by atomic mass is 19.1. The third-order valence-corrected chi connectivity index (χ3v) is 3.63. The van der Waals surface area contributed by atoms with E-state index in [0.717, 1.165) is 0 Å². The Kier molecular flexibility index (Phi) is 5.82. The molecule has 1 aromatic heterocycles. The molecule has 0 saturated carbocycles. The summed E-state index contributed by atoms with van der Waals surface area (Å²) in [6, 6.07) is 11.2. The van der Waals surface area contributed by atoms with Crippen LogP contribution in [0.1, 0.15) is 31.1 Å². The number of halogens is 1. The van der Waals surface area contributed by atoms with E-state index in [2.05, 4.69) is 4.98 Å². The largest absolute Gasteiger partial charge is 0.369 e. The molecule has 4 nitrogen and oxygen atoms in total. The maximum absolute atomic E-state index is 13.6. The average Bonchev–Trinajstić information content (AvgIpc) is 2.55. The van der Waals surface area contributed by atoms with Crippen LogP contribution in [0.4, 0.5) is 4.39 Å². The summed E-state index contributed by atoms with van der Waals surface area (Å²) >= 11 is 0. The molecule has 2 aromatic rings. The molecule has 1 aromatic carbocycles. The molecule has 0 radical (unpaired) electrons. The normalized spacial score (nSPS) is 13.4. The van der Waals surface area contributed by atoms with Gasteiger partial charge in [-0.1, -0.05) is 18.2 Å². The van der Waals surface area contributed by atoms with Crippen molar-refractivity contribution in [2.45, 2.75) is 26.0 Å². The molecular formula is C18H21FN2O2. The molecule has 0 aliphatic carbocycles. The fraction of sp³-hybridized carbons (Fsp3) is 0.333. The van der Waals surface area contributed by atoms with Crippen LogP contribution in [0.2, 0.25) is 0 Å². The van der Waals surface area contributed by atoms with E-state index in [4.69, 9.17) is 4.74 Å². The highest BCUT2D eigenvalue weighted by molar-refractivity contribution is 5.81. The Morgan fingerprint density at radius 1 is 1.30 bits per heavy atom. The number of carbonyl (C=O) groups is 1. The molecule has 1 amide bonds. The van der Waals surface area contributed by atoms with Crippen molar-refractivity contribution in [1.29, 1.82) is 0 Å². The molecule has 23 heavy (non-hydrogen) atoms. The lowest BCUT2D eigenvalue weighted by molar-refractivity contribution is -0.142. The third-order valence-electron chi connectivity index (χ3n) is 3.63. The highest BCUT2D eigenvalue weighted by Gasteiger charge is 2.28. The average molecular weight is 316 g/mol. The van der Waals surface area contributed by atoms with Gasteiger partial charge in [0, 0.05) is 19.9 Å². The number of pyridine rings is 1. The van der Waals surface area contributed by atoms with Gasteiger partial charge in [-0.2, -0.15) is 0 Å². The van der Waals surface area contributed by atoms with Gasteiger partial charge in [-0.25, -0.2) is 4.39 Å². The van der Waals surface area contributed by atoms with Crippen LogP contribution in [0.5, 0.6) is 0 Å². The van der Waals surface area contributed by atoms with E-state index in [1.807, 2.05) is 19.1 Å². The molecule has 0 fully saturated rings. The summed E-state index contributed by atoms with van der Waals surface area (Å²) in [6.07, 6.45) is 1.09. The van der Waals surface area contributed by atoms with Crippen LogP contribution in [-0.4, -0.2) is 35.5 Å².